The molecule has 0 spiro atoms. The standard InChI is InChI=1S/C18H18Cl2N2O3S/c19-13-4-5-16(17(20)9-13)18(23)22-14-3-1-2-12(8-14)10-21-15-6-7-26(24,25)11-15/h1-5,8-9,15,21H,6-7,10-11H2,(H,22,23). The number of hydrogen-bond acceptors (Lipinski definition) is 4. The number of anilines is 1. The first kappa shape index (κ1) is 19.2. The van der Waals surface area contributed by atoms with Gasteiger partial charge in [0, 0.05) is 23.3 Å². The Kier molecular flexibility index (Phi) is 5.87. The van der Waals surface area contributed by atoms with E-state index >= 15 is 0 Å². The summed E-state index contributed by atoms with van der Waals surface area (Å²) in [4.78, 5) is 12.4. The molecule has 3 rings (SSSR count). The quantitative estimate of drug-likeness (QED) is 0.787. The van der Waals surface area contributed by atoms with E-state index in [1.807, 2.05) is 18.2 Å². The minimum absolute atomic E-state index is 0.0221. The third-order valence-electron chi connectivity index (χ3n) is 4.19. The number of carbonyl (C=O) groups excluding carboxylic acids is 1. The lowest BCUT2D eigenvalue weighted by Gasteiger charge is -2.12. The molecule has 1 atom stereocenters. The molecule has 138 valence electrons. The van der Waals surface area contributed by atoms with Gasteiger partial charge in [0.1, 0.15) is 0 Å². The van der Waals surface area contributed by atoms with E-state index < -0.39 is 9.84 Å². The predicted octanol–water partition coefficient (Wildman–Crippen LogP) is 3.52. The Hall–Kier alpha value is -1.60. The summed E-state index contributed by atoms with van der Waals surface area (Å²) in [5.41, 5.74) is 1.93. The minimum Gasteiger partial charge on any atom is -0.322 e. The summed E-state index contributed by atoms with van der Waals surface area (Å²) >= 11 is 11.9. The van der Waals surface area contributed by atoms with Crippen molar-refractivity contribution >= 4 is 44.6 Å². The Morgan fingerprint density at radius 1 is 1.15 bits per heavy atom. The van der Waals surface area contributed by atoms with E-state index in [0.717, 1.165) is 5.56 Å². The molecule has 1 amide bonds. The Labute approximate surface area is 162 Å². The van der Waals surface area contributed by atoms with Gasteiger partial charge in [0.05, 0.1) is 22.1 Å². The smallest absolute Gasteiger partial charge is 0.257 e. The Morgan fingerprint density at radius 3 is 2.65 bits per heavy atom. The van der Waals surface area contributed by atoms with Crippen LogP contribution >= 0.6 is 23.2 Å². The minimum atomic E-state index is -2.90. The molecule has 26 heavy (non-hydrogen) atoms. The molecule has 0 radical (unpaired) electrons. The molecule has 1 aliphatic heterocycles. The average Bonchev–Trinajstić information content (AvgIpc) is 2.92. The maximum atomic E-state index is 12.4. The molecule has 2 aromatic rings. The van der Waals surface area contributed by atoms with Crippen molar-refractivity contribution in [2.45, 2.75) is 19.0 Å². The van der Waals surface area contributed by atoms with Crippen LogP contribution in [0.15, 0.2) is 42.5 Å². The second-order valence-electron chi connectivity index (χ2n) is 6.26. The van der Waals surface area contributed by atoms with Gasteiger partial charge in [-0.05, 0) is 42.3 Å². The predicted molar refractivity (Wildman–Crippen MR) is 105 cm³/mol. The summed E-state index contributed by atoms with van der Waals surface area (Å²) in [6, 6.07) is 12.1. The van der Waals surface area contributed by atoms with Gasteiger partial charge in [0.2, 0.25) is 0 Å². The monoisotopic (exact) mass is 412 g/mol. The van der Waals surface area contributed by atoms with Gasteiger partial charge >= 0.3 is 0 Å². The third kappa shape index (κ3) is 4.98. The molecule has 1 saturated heterocycles. The van der Waals surface area contributed by atoms with E-state index in [1.54, 1.807) is 18.2 Å². The molecule has 8 heteroatoms. The number of rotatable bonds is 5. The number of nitrogens with one attached hydrogen (secondary N) is 2. The highest BCUT2D eigenvalue weighted by Crippen LogP contribution is 2.22. The van der Waals surface area contributed by atoms with Crippen LogP contribution in [0.1, 0.15) is 22.3 Å². The molecule has 1 fully saturated rings. The molecule has 2 N–H and O–H groups in total. The van der Waals surface area contributed by atoms with E-state index in [9.17, 15) is 13.2 Å². The first-order chi connectivity index (χ1) is 12.3. The second-order valence-corrected chi connectivity index (χ2v) is 9.33. The number of carbonyl (C=O) groups is 1. The molecular weight excluding hydrogens is 395 g/mol. The van der Waals surface area contributed by atoms with Crippen LogP contribution in [0.5, 0.6) is 0 Å². The zero-order valence-corrected chi connectivity index (χ0v) is 16.2. The fraction of sp³-hybridized carbons (Fsp3) is 0.278. The zero-order valence-electron chi connectivity index (χ0n) is 13.8. The SMILES string of the molecule is O=C(Nc1cccc(CNC2CCS(=O)(=O)C2)c1)c1ccc(Cl)cc1Cl. The third-order valence-corrected chi connectivity index (χ3v) is 6.50. The zero-order chi connectivity index (χ0) is 18.7. The van der Waals surface area contributed by atoms with Gasteiger partial charge < -0.3 is 10.6 Å². The summed E-state index contributed by atoms with van der Waals surface area (Å²) in [6.07, 6.45) is 0.633. The van der Waals surface area contributed by atoms with Gasteiger partial charge in [-0.2, -0.15) is 0 Å². The Bertz CT molecular complexity index is 932. The number of halogens is 2. The number of hydrogen-bond donors (Lipinski definition) is 2. The largest absolute Gasteiger partial charge is 0.322 e. The number of amides is 1. The Balaban J connectivity index is 1.63. The molecule has 1 aliphatic rings. The van der Waals surface area contributed by atoms with Crippen LogP contribution < -0.4 is 10.6 Å². The summed E-state index contributed by atoms with van der Waals surface area (Å²) < 4.78 is 23.0. The van der Waals surface area contributed by atoms with Crippen molar-refractivity contribution in [1.82, 2.24) is 5.32 Å². The van der Waals surface area contributed by atoms with Crippen molar-refractivity contribution in [3.05, 3.63) is 63.6 Å². The van der Waals surface area contributed by atoms with E-state index in [2.05, 4.69) is 10.6 Å². The maximum absolute atomic E-state index is 12.4. The van der Waals surface area contributed by atoms with Gasteiger partial charge in [-0.1, -0.05) is 35.3 Å². The molecule has 0 bridgehead atoms. The van der Waals surface area contributed by atoms with E-state index in [4.69, 9.17) is 23.2 Å². The van der Waals surface area contributed by atoms with Crippen molar-refractivity contribution in [3.63, 3.8) is 0 Å². The summed E-state index contributed by atoms with van der Waals surface area (Å²) in [7, 11) is -2.90. The highest BCUT2D eigenvalue weighted by molar-refractivity contribution is 7.91. The second kappa shape index (κ2) is 7.96. The van der Waals surface area contributed by atoms with E-state index in [0.29, 0.717) is 29.2 Å². The summed E-state index contributed by atoms with van der Waals surface area (Å²) in [6.45, 7) is 0.533. The van der Waals surface area contributed by atoms with Crippen LogP contribution in [0.3, 0.4) is 0 Å². The van der Waals surface area contributed by atoms with E-state index in [1.165, 1.54) is 6.07 Å². The summed E-state index contributed by atoms with van der Waals surface area (Å²) in [5, 5.41) is 6.82. The van der Waals surface area contributed by atoms with Crippen LogP contribution in [0, 0.1) is 0 Å². The van der Waals surface area contributed by atoms with Gasteiger partial charge in [0.25, 0.3) is 5.91 Å². The maximum Gasteiger partial charge on any atom is 0.257 e. The van der Waals surface area contributed by atoms with Gasteiger partial charge in [-0.15, -0.1) is 0 Å². The molecule has 1 heterocycles. The van der Waals surface area contributed by atoms with Gasteiger partial charge in [0.15, 0.2) is 9.84 Å². The normalized spacial score (nSPS) is 18.6. The van der Waals surface area contributed by atoms with Crippen LogP contribution in [-0.2, 0) is 16.4 Å². The van der Waals surface area contributed by atoms with Crippen LogP contribution in [-0.4, -0.2) is 31.9 Å². The average molecular weight is 413 g/mol. The van der Waals surface area contributed by atoms with Crippen molar-refractivity contribution in [2.24, 2.45) is 0 Å². The molecule has 2 aromatic carbocycles. The van der Waals surface area contributed by atoms with Crippen molar-refractivity contribution in [3.8, 4) is 0 Å². The highest BCUT2D eigenvalue weighted by atomic mass is 35.5. The molecule has 0 saturated carbocycles. The molecular formula is C18H18Cl2N2O3S. The van der Waals surface area contributed by atoms with Crippen molar-refractivity contribution in [1.29, 1.82) is 0 Å². The van der Waals surface area contributed by atoms with Crippen LogP contribution in [0.4, 0.5) is 5.69 Å². The van der Waals surface area contributed by atoms with Crippen molar-refractivity contribution in [2.75, 3.05) is 16.8 Å². The lowest BCUT2D eigenvalue weighted by atomic mass is 10.1. The molecule has 0 aromatic heterocycles. The Morgan fingerprint density at radius 2 is 1.96 bits per heavy atom. The lowest BCUT2D eigenvalue weighted by Crippen LogP contribution is -2.29. The number of benzene rings is 2. The van der Waals surface area contributed by atoms with Crippen LogP contribution in [0.25, 0.3) is 0 Å². The molecule has 1 unspecified atom stereocenters. The number of sulfone groups is 1. The summed E-state index contributed by atoms with van der Waals surface area (Å²) in [5.74, 6) is 0.0971. The molecule has 5 nitrogen and oxygen atoms in total. The van der Waals surface area contributed by atoms with Crippen molar-refractivity contribution < 1.29 is 13.2 Å². The fourth-order valence-corrected chi connectivity index (χ4v) is 5.05. The topological polar surface area (TPSA) is 75.3 Å². The van der Waals surface area contributed by atoms with Crippen LogP contribution in [0.2, 0.25) is 10.0 Å². The van der Waals surface area contributed by atoms with E-state index in [-0.39, 0.29) is 28.5 Å². The fourth-order valence-electron chi connectivity index (χ4n) is 2.85. The highest BCUT2D eigenvalue weighted by Gasteiger charge is 2.27. The molecule has 0 aliphatic carbocycles. The van der Waals surface area contributed by atoms with Gasteiger partial charge in [-0.25, -0.2) is 8.42 Å². The lowest BCUT2D eigenvalue weighted by molar-refractivity contribution is 0.102. The first-order valence-corrected chi connectivity index (χ1v) is 10.7. The first-order valence-electron chi connectivity index (χ1n) is 8.11. The van der Waals surface area contributed by atoms with Gasteiger partial charge in [-0.3, -0.25) is 4.79 Å².